The Labute approximate surface area is 121 Å². The van der Waals surface area contributed by atoms with Gasteiger partial charge in [-0.15, -0.1) is 0 Å². The van der Waals surface area contributed by atoms with E-state index in [1.54, 1.807) is 30.3 Å². The maximum absolute atomic E-state index is 12.4. The van der Waals surface area contributed by atoms with E-state index in [9.17, 15) is 18.0 Å². The van der Waals surface area contributed by atoms with Crippen molar-refractivity contribution in [2.75, 3.05) is 13.7 Å². The van der Waals surface area contributed by atoms with Gasteiger partial charge in [0, 0.05) is 6.42 Å². The zero-order chi connectivity index (χ0) is 16.1. The molecule has 0 aliphatic carbocycles. The topological polar surface area (TPSA) is 61.5 Å². The van der Waals surface area contributed by atoms with Gasteiger partial charge in [-0.2, -0.15) is 13.2 Å². The summed E-state index contributed by atoms with van der Waals surface area (Å²) < 4.78 is 46.5. The number of hydrogen-bond acceptors (Lipinski definition) is 4. The van der Waals surface area contributed by atoms with Crippen LogP contribution in [0.2, 0.25) is 0 Å². The first-order valence-corrected chi connectivity index (χ1v) is 6.33. The van der Waals surface area contributed by atoms with Gasteiger partial charge in [0.15, 0.2) is 6.10 Å². The van der Waals surface area contributed by atoms with Crippen molar-refractivity contribution < 1.29 is 27.4 Å². The summed E-state index contributed by atoms with van der Waals surface area (Å²) in [5, 5.41) is 0. The van der Waals surface area contributed by atoms with Crippen LogP contribution in [0.4, 0.5) is 13.2 Å². The number of ether oxygens (including phenoxy) is 2. The molecule has 0 aliphatic rings. The second kappa shape index (κ2) is 6.91. The first-order chi connectivity index (χ1) is 9.71. The third kappa shape index (κ3) is 4.44. The lowest BCUT2D eigenvalue weighted by Crippen LogP contribution is -2.47. The van der Waals surface area contributed by atoms with Crippen molar-refractivity contribution in [2.45, 2.75) is 31.2 Å². The Balaban J connectivity index is 2.79. The molecule has 0 saturated heterocycles. The SMILES string of the molecule is COC(=O)C(N)(CCOC(C)C(F)(F)F)c1ccccc1. The third-order valence-corrected chi connectivity index (χ3v) is 3.16. The van der Waals surface area contributed by atoms with Gasteiger partial charge in [-0.1, -0.05) is 30.3 Å². The summed E-state index contributed by atoms with van der Waals surface area (Å²) in [6.45, 7) is 0.583. The van der Waals surface area contributed by atoms with Gasteiger partial charge in [-0.25, -0.2) is 4.79 Å². The minimum Gasteiger partial charge on any atom is -0.467 e. The van der Waals surface area contributed by atoms with E-state index < -0.39 is 23.8 Å². The van der Waals surface area contributed by atoms with Crippen molar-refractivity contribution >= 4 is 5.97 Å². The Hall–Kier alpha value is -1.60. The highest BCUT2D eigenvalue weighted by Gasteiger charge is 2.40. The lowest BCUT2D eigenvalue weighted by molar-refractivity contribution is -0.215. The molecule has 1 rings (SSSR count). The molecular weight excluding hydrogens is 287 g/mol. The van der Waals surface area contributed by atoms with Crippen LogP contribution in [-0.2, 0) is 19.8 Å². The molecule has 4 nitrogen and oxygen atoms in total. The second-order valence-corrected chi connectivity index (χ2v) is 4.63. The van der Waals surface area contributed by atoms with Crippen LogP contribution < -0.4 is 5.73 Å². The van der Waals surface area contributed by atoms with Crippen LogP contribution in [0.25, 0.3) is 0 Å². The molecule has 0 bridgehead atoms. The number of esters is 1. The van der Waals surface area contributed by atoms with E-state index >= 15 is 0 Å². The van der Waals surface area contributed by atoms with Crippen LogP contribution in [0.15, 0.2) is 30.3 Å². The summed E-state index contributed by atoms with van der Waals surface area (Å²) >= 11 is 0. The number of benzene rings is 1. The van der Waals surface area contributed by atoms with E-state index in [0.29, 0.717) is 5.56 Å². The molecule has 7 heteroatoms. The Morgan fingerprint density at radius 1 is 1.29 bits per heavy atom. The predicted octanol–water partition coefficient (Wildman–Crippen LogP) is 2.37. The Bertz CT molecular complexity index is 464. The third-order valence-electron chi connectivity index (χ3n) is 3.16. The van der Waals surface area contributed by atoms with Gasteiger partial charge >= 0.3 is 12.1 Å². The van der Waals surface area contributed by atoms with Crippen molar-refractivity contribution in [1.82, 2.24) is 0 Å². The second-order valence-electron chi connectivity index (χ2n) is 4.63. The van der Waals surface area contributed by atoms with Crippen LogP contribution in [-0.4, -0.2) is 32.0 Å². The monoisotopic (exact) mass is 305 g/mol. The summed E-state index contributed by atoms with van der Waals surface area (Å²) in [5.41, 5.74) is 4.95. The van der Waals surface area contributed by atoms with Crippen LogP contribution in [0.1, 0.15) is 18.9 Å². The molecule has 1 aromatic rings. The van der Waals surface area contributed by atoms with Crippen molar-refractivity contribution in [2.24, 2.45) is 5.73 Å². The number of halogens is 3. The predicted molar refractivity (Wildman–Crippen MR) is 70.4 cm³/mol. The van der Waals surface area contributed by atoms with E-state index in [2.05, 4.69) is 4.74 Å². The number of rotatable bonds is 6. The molecule has 0 aliphatic heterocycles. The molecule has 21 heavy (non-hydrogen) atoms. The smallest absolute Gasteiger partial charge is 0.414 e. The molecule has 0 heterocycles. The summed E-state index contributed by atoms with van der Waals surface area (Å²) in [4.78, 5) is 11.9. The first kappa shape index (κ1) is 17.5. The minimum atomic E-state index is -4.45. The molecule has 1 aromatic carbocycles. The van der Waals surface area contributed by atoms with Crippen molar-refractivity contribution in [1.29, 1.82) is 0 Å². The largest absolute Gasteiger partial charge is 0.467 e. The number of nitrogens with two attached hydrogens (primary N) is 1. The van der Waals surface area contributed by atoms with E-state index in [-0.39, 0.29) is 13.0 Å². The summed E-state index contributed by atoms with van der Waals surface area (Å²) in [6, 6.07) is 8.33. The van der Waals surface area contributed by atoms with E-state index in [1.807, 2.05) is 0 Å². The maximum Gasteiger partial charge on any atom is 0.414 e. The Morgan fingerprint density at radius 2 is 1.86 bits per heavy atom. The van der Waals surface area contributed by atoms with Gasteiger partial charge in [0.05, 0.1) is 13.7 Å². The van der Waals surface area contributed by atoms with Crippen LogP contribution in [0.3, 0.4) is 0 Å². The van der Waals surface area contributed by atoms with Gasteiger partial charge in [-0.05, 0) is 12.5 Å². The van der Waals surface area contributed by atoms with Gasteiger partial charge in [0.25, 0.3) is 0 Å². The Morgan fingerprint density at radius 3 is 2.33 bits per heavy atom. The van der Waals surface area contributed by atoms with E-state index in [4.69, 9.17) is 10.5 Å². The molecule has 0 fully saturated rings. The molecule has 2 N–H and O–H groups in total. The highest BCUT2D eigenvalue weighted by atomic mass is 19.4. The fraction of sp³-hybridized carbons (Fsp3) is 0.500. The summed E-state index contributed by atoms with van der Waals surface area (Å²) in [7, 11) is 1.17. The molecule has 0 radical (unpaired) electrons. The van der Waals surface area contributed by atoms with Gasteiger partial charge in [0.1, 0.15) is 5.54 Å². The summed E-state index contributed by atoms with van der Waals surface area (Å²) in [5.74, 6) is -0.725. The zero-order valence-electron chi connectivity index (χ0n) is 11.8. The number of methoxy groups -OCH3 is 1. The van der Waals surface area contributed by atoms with Gasteiger partial charge < -0.3 is 15.2 Å². The number of carbonyl (C=O) groups is 1. The Kier molecular flexibility index (Phi) is 5.74. The maximum atomic E-state index is 12.4. The molecule has 0 amide bonds. The van der Waals surface area contributed by atoms with Crippen molar-refractivity contribution in [3.8, 4) is 0 Å². The minimum absolute atomic E-state index is 0.121. The molecular formula is C14H18F3NO3. The average molecular weight is 305 g/mol. The van der Waals surface area contributed by atoms with Gasteiger partial charge in [0.2, 0.25) is 0 Å². The lowest BCUT2D eigenvalue weighted by atomic mass is 9.88. The van der Waals surface area contributed by atoms with Crippen LogP contribution in [0, 0.1) is 0 Å². The van der Waals surface area contributed by atoms with Crippen molar-refractivity contribution in [3.05, 3.63) is 35.9 Å². The average Bonchev–Trinajstić information content (AvgIpc) is 2.45. The summed E-state index contributed by atoms with van der Waals surface area (Å²) in [6.07, 6.45) is -6.49. The molecule has 0 aromatic heterocycles. The standard InChI is InChI=1S/C14H18F3NO3/c1-10(14(15,16)17)21-9-8-13(18,12(19)20-2)11-6-4-3-5-7-11/h3-7,10H,8-9,18H2,1-2H3. The van der Waals surface area contributed by atoms with E-state index in [0.717, 1.165) is 6.92 Å². The molecule has 118 valence electrons. The number of hydrogen-bond donors (Lipinski definition) is 1. The molecule has 2 unspecified atom stereocenters. The van der Waals surface area contributed by atoms with Crippen LogP contribution >= 0.6 is 0 Å². The lowest BCUT2D eigenvalue weighted by Gasteiger charge is -2.27. The number of alkyl halides is 3. The first-order valence-electron chi connectivity index (χ1n) is 6.33. The zero-order valence-corrected chi connectivity index (χ0v) is 11.8. The van der Waals surface area contributed by atoms with Crippen LogP contribution in [0.5, 0.6) is 0 Å². The fourth-order valence-corrected chi connectivity index (χ4v) is 1.77. The van der Waals surface area contributed by atoms with Crippen molar-refractivity contribution in [3.63, 3.8) is 0 Å². The highest BCUT2D eigenvalue weighted by Crippen LogP contribution is 2.26. The quantitative estimate of drug-likeness (QED) is 0.820. The molecule has 0 saturated carbocycles. The molecule has 2 atom stereocenters. The normalized spacial score (nSPS) is 16.1. The number of carbonyl (C=O) groups excluding carboxylic acids is 1. The van der Waals surface area contributed by atoms with Gasteiger partial charge in [-0.3, -0.25) is 0 Å². The van der Waals surface area contributed by atoms with E-state index in [1.165, 1.54) is 7.11 Å². The fourth-order valence-electron chi connectivity index (χ4n) is 1.77. The highest BCUT2D eigenvalue weighted by molar-refractivity contribution is 5.82. The molecule has 0 spiro atoms.